The van der Waals surface area contributed by atoms with Crippen LogP contribution in [0.5, 0.6) is 11.5 Å². The number of benzene rings is 2. The van der Waals surface area contributed by atoms with Gasteiger partial charge < -0.3 is 9.47 Å². The van der Waals surface area contributed by atoms with E-state index in [1.807, 2.05) is 18.2 Å². The van der Waals surface area contributed by atoms with Gasteiger partial charge in [0.25, 0.3) is 0 Å². The Bertz CT molecular complexity index is 807. The molecule has 0 aromatic heterocycles. The van der Waals surface area contributed by atoms with Crippen LogP contribution in [-0.2, 0) is 9.84 Å². The summed E-state index contributed by atoms with van der Waals surface area (Å²) >= 11 is 0. The van der Waals surface area contributed by atoms with Crippen LogP contribution in [0.15, 0.2) is 58.3 Å². The van der Waals surface area contributed by atoms with E-state index >= 15 is 0 Å². The summed E-state index contributed by atoms with van der Waals surface area (Å²) in [7, 11) is -1.90. The Kier molecular flexibility index (Phi) is 3.43. The molecule has 2 aromatic rings. The third-order valence-corrected chi connectivity index (χ3v) is 5.19. The van der Waals surface area contributed by atoms with Gasteiger partial charge in [-0.1, -0.05) is 30.3 Å². The Morgan fingerprint density at radius 3 is 2.33 bits per heavy atom. The van der Waals surface area contributed by atoms with Crippen molar-refractivity contribution in [3.05, 3.63) is 59.0 Å². The number of methoxy groups -OCH3 is 1. The van der Waals surface area contributed by atoms with Crippen LogP contribution in [0.2, 0.25) is 0 Å². The van der Waals surface area contributed by atoms with Crippen molar-refractivity contribution in [2.24, 2.45) is 0 Å². The molecular formula is C16H14O4S. The minimum Gasteiger partial charge on any atom is -0.493 e. The van der Waals surface area contributed by atoms with Gasteiger partial charge in [0.15, 0.2) is 11.5 Å². The van der Waals surface area contributed by atoms with Gasteiger partial charge in [0.2, 0.25) is 9.84 Å². The van der Waals surface area contributed by atoms with Crippen LogP contribution in [0.25, 0.3) is 6.08 Å². The van der Waals surface area contributed by atoms with E-state index in [0.717, 1.165) is 0 Å². The van der Waals surface area contributed by atoms with E-state index < -0.39 is 9.84 Å². The van der Waals surface area contributed by atoms with Crippen molar-refractivity contribution >= 4 is 15.9 Å². The van der Waals surface area contributed by atoms with Gasteiger partial charge in [-0.3, -0.25) is 0 Å². The third kappa shape index (κ3) is 2.40. The van der Waals surface area contributed by atoms with Crippen molar-refractivity contribution in [1.29, 1.82) is 0 Å². The molecular weight excluding hydrogens is 288 g/mol. The molecule has 0 fully saturated rings. The zero-order valence-corrected chi connectivity index (χ0v) is 12.3. The maximum Gasteiger partial charge on any atom is 0.206 e. The second kappa shape index (κ2) is 5.26. The lowest BCUT2D eigenvalue weighted by molar-refractivity contribution is 0.324. The molecule has 1 aliphatic heterocycles. The Labute approximate surface area is 123 Å². The number of fused-ring (bicyclic) bond motifs is 1. The van der Waals surface area contributed by atoms with Gasteiger partial charge in [0, 0.05) is 0 Å². The van der Waals surface area contributed by atoms with E-state index in [1.165, 1.54) is 0 Å². The summed E-state index contributed by atoms with van der Waals surface area (Å²) in [6.07, 6.45) is 1.65. The number of sulfone groups is 1. The van der Waals surface area contributed by atoms with E-state index in [1.54, 1.807) is 43.5 Å². The molecule has 1 heterocycles. The van der Waals surface area contributed by atoms with Gasteiger partial charge in [-0.15, -0.1) is 0 Å². The summed E-state index contributed by atoms with van der Waals surface area (Å²) in [4.78, 5) is 0.596. The van der Waals surface area contributed by atoms with Gasteiger partial charge in [-0.2, -0.15) is 0 Å². The predicted octanol–water partition coefficient (Wildman–Crippen LogP) is 2.90. The summed E-state index contributed by atoms with van der Waals surface area (Å²) in [5.74, 6) is 1.10. The van der Waals surface area contributed by atoms with Gasteiger partial charge in [0.05, 0.1) is 16.9 Å². The molecule has 0 unspecified atom stereocenters. The number of hydrogen-bond donors (Lipinski definition) is 0. The topological polar surface area (TPSA) is 52.6 Å². The van der Waals surface area contributed by atoms with E-state index in [4.69, 9.17) is 9.47 Å². The average molecular weight is 302 g/mol. The monoisotopic (exact) mass is 302 g/mol. The quantitative estimate of drug-likeness (QED) is 0.871. The van der Waals surface area contributed by atoms with Crippen molar-refractivity contribution in [3.63, 3.8) is 0 Å². The SMILES string of the molecule is COc1ccccc1OCC1=Cc2ccccc2S1(=O)=O. The van der Waals surface area contributed by atoms with Crippen LogP contribution in [0.1, 0.15) is 5.56 Å². The van der Waals surface area contributed by atoms with E-state index in [9.17, 15) is 8.42 Å². The Morgan fingerprint density at radius 1 is 0.952 bits per heavy atom. The largest absolute Gasteiger partial charge is 0.493 e. The molecule has 5 heteroatoms. The lowest BCUT2D eigenvalue weighted by Gasteiger charge is -2.10. The van der Waals surface area contributed by atoms with Crippen LogP contribution >= 0.6 is 0 Å². The highest BCUT2D eigenvalue weighted by Crippen LogP contribution is 2.34. The summed E-state index contributed by atoms with van der Waals surface area (Å²) in [5, 5.41) is 0. The first-order valence-electron chi connectivity index (χ1n) is 6.43. The fourth-order valence-corrected chi connectivity index (χ4v) is 3.72. The van der Waals surface area contributed by atoms with Crippen molar-refractivity contribution < 1.29 is 17.9 Å². The second-order valence-corrected chi connectivity index (χ2v) is 6.56. The smallest absolute Gasteiger partial charge is 0.206 e. The Hall–Kier alpha value is -2.27. The molecule has 4 nitrogen and oxygen atoms in total. The lowest BCUT2D eigenvalue weighted by Crippen LogP contribution is -2.09. The fourth-order valence-electron chi connectivity index (χ4n) is 2.24. The molecule has 0 atom stereocenters. The summed E-state index contributed by atoms with van der Waals surface area (Å²) < 4.78 is 35.5. The van der Waals surface area contributed by atoms with Crippen LogP contribution < -0.4 is 9.47 Å². The molecule has 108 valence electrons. The van der Waals surface area contributed by atoms with Crippen LogP contribution in [0.3, 0.4) is 0 Å². The summed E-state index contributed by atoms with van der Waals surface area (Å²) in [6.45, 7) is -0.0165. The van der Waals surface area contributed by atoms with Crippen molar-refractivity contribution in [2.45, 2.75) is 4.90 Å². The molecule has 0 bridgehead atoms. The number of para-hydroxylation sites is 2. The van der Waals surface area contributed by atoms with Gasteiger partial charge in [-0.05, 0) is 29.8 Å². The molecule has 3 rings (SSSR count). The maximum atomic E-state index is 12.4. The van der Waals surface area contributed by atoms with Crippen LogP contribution in [0.4, 0.5) is 0 Å². The summed E-state index contributed by atoms with van der Waals surface area (Å²) in [5.41, 5.74) is 0.705. The van der Waals surface area contributed by atoms with Gasteiger partial charge >= 0.3 is 0 Å². The second-order valence-electron chi connectivity index (χ2n) is 4.59. The van der Waals surface area contributed by atoms with E-state index in [0.29, 0.717) is 22.0 Å². The molecule has 0 amide bonds. The standard InChI is InChI=1S/C16H14O4S/c1-19-14-7-3-4-8-15(14)20-11-13-10-12-6-2-5-9-16(12)21(13,17)18/h2-10H,11H2,1H3. The molecule has 21 heavy (non-hydrogen) atoms. The predicted molar refractivity (Wildman–Crippen MR) is 80.1 cm³/mol. The first-order valence-corrected chi connectivity index (χ1v) is 7.92. The zero-order chi connectivity index (χ0) is 14.9. The number of hydrogen-bond acceptors (Lipinski definition) is 4. The lowest BCUT2D eigenvalue weighted by atomic mass is 10.2. The van der Waals surface area contributed by atoms with Crippen LogP contribution in [0, 0.1) is 0 Å². The van der Waals surface area contributed by atoms with Crippen molar-refractivity contribution in [3.8, 4) is 11.5 Å². The molecule has 0 aliphatic carbocycles. The molecule has 0 saturated heterocycles. The van der Waals surface area contributed by atoms with E-state index in [2.05, 4.69) is 0 Å². The van der Waals surface area contributed by atoms with Gasteiger partial charge in [-0.25, -0.2) is 8.42 Å². The van der Waals surface area contributed by atoms with E-state index in [-0.39, 0.29) is 11.5 Å². The molecule has 0 radical (unpaired) electrons. The normalized spacial score (nSPS) is 15.2. The molecule has 0 N–H and O–H groups in total. The average Bonchev–Trinajstić information content (AvgIpc) is 2.77. The zero-order valence-electron chi connectivity index (χ0n) is 11.4. The van der Waals surface area contributed by atoms with Crippen LogP contribution in [-0.4, -0.2) is 22.1 Å². The fraction of sp³-hybridized carbons (Fsp3) is 0.125. The highest BCUT2D eigenvalue weighted by Gasteiger charge is 2.29. The molecule has 0 spiro atoms. The Morgan fingerprint density at radius 2 is 1.62 bits per heavy atom. The number of rotatable bonds is 4. The van der Waals surface area contributed by atoms with Crippen molar-refractivity contribution in [2.75, 3.05) is 13.7 Å². The maximum absolute atomic E-state index is 12.4. The first kappa shape index (κ1) is 13.7. The first-order chi connectivity index (χ1) is 10.1. The summed E-state index contributed by atoms with van der Waals surface area (Å²) in [6, 6.07) is 14.1. The molecule has 0 saturated carbocycles. The van der Waals surface area contributed by atoms with Gasteiger partial charge in [0.1, 0.15) is 6.61 Å². The molecule has 2 aromatic carbocycles. The minimum absolute atomic E-state index is 0.0165. The minimum atomic E-state index is -3.44. The highest BCUT2D eigenvalue weighted by atomic mass is 32.2. The number of ether oxygens (including phenoxy) is 2. The Balaban J connectivity index is 1.85. The highest BCUT2D eigenvalue weighted by molar-refractivity contribution is 7.95. The van der Waals surface area contributed by atoms with Crippen molar-refractivity contribution in [1.82, 2.24) is 0 Å². The third-order valence-electron chi connectivity index (χ3n) is 3.31. The molecule has 1 aliphatic rings.